The molecule has 1 atom stereocenters. The average Bonchev–Trinajstić information content (AvgIpc) is 3.33. The van der Waals surface area contributed by atoms with Crippen LogP contribution in [0, 0.1) is 0 Å². The number of amides is 3. The van der Waals surface area contributed by atoms with Crippen LogP contribution in [0.15, 0.2) is 28.7 Å². The maximum atomic E-state index is 13.0. The Kier molecular flexibility index (Phi) is 5.21. The maximum Gasteiger partial charge on any atom is 0.325 e. The van der Waals surface area contributed by atoms with E-state index in [0.717, 1.165) is 45.0 Å². The number of primary amides is 1. The van der Waals surface area contributed by atoms with E-state index in [-0.39, 0.29) is 12.6 Å². The molecule has 3 heterocycles. The SMILES string of the molecule is CS(=O)(=O)N=C(c1ccc(N2C[C@@]3(C(N)=O)CCCCN3C2=O)cc1)N1CCCC1. The highest BCUT2D eigenvalue weighted by Crippen LogP contribution is 2.37. The van der Waals surface area contributed by atoms with Crippen LogP contribution in [0.3, 0.4) is 0 Å². The molecule has 3 amide bonds. The summed E-state index contributed by atoms with van der Waals surface area (Å²) < 4.78 is 27.6. The lowest BCUT2D eigenvalue weighted by Gasteiger charge is -2.37. The molecule has 0 aromatic heterocycles. The third kappa shape index (κ3) is 3.64. The molecule has 3 saturated heterocycles. The first-order valence-electron chi connectivity index (χ1n) is 10.3. The number of carbonyl (C=O) groups is 2. The van der Waals surface area contributed by atoms with Crippen LogP contribution >= 0.6 is 0 Å². The number of urea groups is 1. The van der Waals surface area contributed by atoms with Crippen molar-refractivity contribution in [2.75, 3.05) is 37.3 Å². The third-order valence-electron chi connectivity index (χ3n) is 6.17. The van der Waals surface area contributed by atoms with Crippen LogP contribution < -0.4 is 10.6 Å². The van der Waals surface area contributed by atoms with E-state index in [1.807, 2.05) is 4.90 Å². The summed E-state index contributed by atoms with van der Waals surface area (Å²) in [4.78, 5) is 30.4. The van der Waals surface area contributed by atoms with Crippen LogP contribution in [0.2, 0.25) is 0 Å². The van der Waals surface area contributed by atoms with Gasteiger partial charge in [0.25, 0.3) is 10.0 Å². The van der Waals surface area contributed by atoms with Crippen molar-refractivity contribution in [2.45, 2.75) is 37.6 Å². The Morgan fingerprint density at radius 2 is 1.70 bits per heavy atom. The Labute approximate surface area is 176 Å². The molecule has 1 aromatic carbocycles. The average molecular weight is 434 g/mol. The first-order chi connectivity index (χ1) is 14.2. The fourth-order valence-corrected chi connectivity index (χ4v) is 5.19. The predicted molar refractivity (Wildman–Crippen MR) is 114 cm³/mol. The summed E-state index contributed by atoms with van der Waals surface area (Å²) in [5.74, 6) is -0.0356. The molecule has 0 radical (unpaired) electrons. The number of benzene rings is 1. The molecule has 10 heteroatoms. The summed E-state index contributed by atoms with van der Waals surface area (Å²) in [7, 11) is -3.55. The molecule has 1 aromatic rings. The van der Waals surface area contributed by atoms with E-state index >= 15 is 0 Å². The summed E-state index contributed by atoms with van der Waals surface area (Å²) in [6.45, 7) is 2.28. The minimum absolute atomic E-state index is 0.217. The van der Waals surface area contributed by atoms with Crippen molar-refractivity contribution < 1.29 is 18.0 Å². The molecule has 4 rings (SSSR count). The predicted octanol–water partition coefficient (Wildman–Crippen LogP) is 1.14. The van der Waals surface area contributed by atoms with Gasteiger partial charge in [0.05, 0.1) is 12.8 Å². The minimum atomic E-state index is -3.55. The molecule has 0 bridgehead atoms. The molecular weight excluding hydrogens is 406 g/mol. The van der Waals surface area contributed by atoms with E-state index in [4.69, 9.17) is 5.73 Å². The molecular formula is C20H27N5O4S. The highest BCUT2D eigenvalue weighted by molar-refractivity contribution is 7.89. The fraction of sp³-hybridized carbons (Fsp3) is 0.550. The second kappa shape index (κ2) is 7.57. The van der Waals surface area contributed by atoms with Crippen LogP contribution in [0.25, 0.3) is 0 Å². The number of amidine groups is 1. The number of fused-ring (bicyclic) bond motifs is 1. The molecule has 0 unspecified atom stereocenters. The number of piperidine rings is 1. The third-order valence-corrected chi connectivity index (χ3v) is 6.68. The minimum Gasteiger partial charge on any atom is -0.368 e. The van der Waals surface area contributed by atoms with E-state index in [1.165, 1.54) is 0 Å². The summed E-state index contributed by atoms with van der Waals surface area (Å²) in [5, 5.41) is 0. The fourth-order valence-electron chi connectivity index (χ4n) is 4.66. The molecule has 0 aliphatic carbocycles. The topological polar surface area (TPSA) is 116 Å². The Morgan fingerprint density at radius 3 is 2.27 bits per heavy atom. The van der Waals surface area contributed by atoms with Gasteiger partial charge < -0.3 is 15.5 Å². The standard InChI is InChI=1S/C20H27N5O4S/c1-30(28,29)22-17(23-11-4-5-12-23)15-6-8-16(9-7-15)24-14-20(18(21)26)10-2-3-13-25(20)19(24)27/h6-9H,2-5,10-14H2,1H3,(H2,21,26)/t20-/m1/s1. The van der Waals surface area contributed by atoms with Crippen LogP contribution in [-0.4, -0.2) is 74.0 Å². The zero-order chi connectivity index (χ0) is 21.5. The summed E-state index contributed by atoms with van der Waals surface area (Å²) in [6.07, 6.45) is 5.36. The molecule has 9 nitrogen and oxygen atoms in total. The number of likely N-dealkylation sites (tertiary alicyclic amines) is 1. The number of sulfonamides is 1. The number of anilines is 1. The number of carbonyl (C=O) groups excluding carboxylic acids is 2. The van der Waals surface area contributed by atoms with Gasteiger partial charge in [0.1, 0.15) is 11.4 Å². The van der Waals surface area contributed by atoms with Gasteiger partial charge in [0.15, 0.2) is 0 Å². The zero-order valence-electron chi connectivity index (χ0n) is 17.1. The number of hydrogen-bond donors (Lipinski definition) is 1. The van der Waals surface area contributed by atoms with Gasteiger partial charge in [-0.3, -0.25) is 9.69 Å². The Morgan fingerprint density at radius 1 is 1.07 bits per heavy atom. The zero-order valence-corrected chi connectivity index (χ0v) is 17.9. The van der Waals surface area contributed by atoms with Crippen molar-refractivity contribution in [3.63, 3.8) is 0 Å². The van der Waals surface area contributed by atoms with Gasteiger partial charge in [0, 0.05) is 30.9 Å². The quantitative estimate of drug-likeness (QED) is 0.565. The lowest BCUT2D eigenvalue weighted by Crippen LogP contribution is -2.58. The van der Waals surface area contributed by atoms with Crippen molar-refractivity contribution >= 4 is 33.5 Å². The van der Waals surface area contributed by atoms with E-state index in [0.29, 0.717) is 30.1 Å². The summed E-state index contributed by atoms with van der Waals surface area (Å²) >= 11 is 0. The summed E-state index contributed by atoms with van der Waals surface area (Å²) in [6, 6.07) is 6.88. The van der Waals surface area contributed by atoms with Crippen LogP contribution in [0.5, 0.6) is 0 Å². The van der Waals surface area contributed by atoms with E-state index < -0.39 is 21.5 Å². The van der Waals surface area contributed by atoms with Crippen LogP contribution in [-0.2, 0) is 14.8 Å². The van der Waals surface area contributed by atoms with Crippen molar-refractivity contribution in [1.82, 2.24) is 9.80 Å². The van der Waals surface area contributed by atoms with Crippen molar-refractivity contribution in [3.05, 3.63) is 29.8 Å². The van der Waals surface area contributed by atoms with Crippen LogP contribution in [0.4, 0.5) is 10.5 Å². The first-order valence-corrected chi connectivity index (χ1v) is 12.1. The van der Waals surface area contributed by atoms with Crippen molar-refractivity contribution in [1.29, 1.82) is 0 Å². The number of nitrogens with zero attached hydrogens (tertiary/aromatic N) is 4. The Hall–Kier alpha value is -2.62. The molecule has 3 aliphatic rings. The number of nitrogens with two attached hydrogens (primary N) is 1. The van der Waals surface area contributed by atoms with Gasteiger partial charge in [0.2, 0.25) is 5.91 Å². The Bertz CT molecular complexity index is 985. The molecule has 2 N–H and O–H groups in total. The smallest absolute Gasteiger partial charge is 0.325 e. The first kappa shape index (κ1) is 20.6. The molecule has 3 aliphatic heterocycles. The summed E-state index contributed by atoms with van der Waals surface area (Å²) in [5.41, 5.74) is 6.08. The number of rotatable bonds is 4. The Balaban J connectivity index is 1.64. The second-order valence-corrected chi connectivity index (χ2v) is 9.91. The van der Waals surface area contributed by atoms with Crippen molar-refractivity contribution in [2.24, 2.45) is 10.1 Å². The maximum absolute atomic E-state index is 13.0. The van der Waals surface area contributed by atoms with Gasteiger partial charge >= 0.3 is 6.03 Å². The lowest BCUT2D eigenvalue weighted by atomic mass is 9.87. The molecule has 3 fully saturated rings. The van der Waals surface area contributed by atoms with Gasteiger partial charge in [-0.25, -0.2) is 13.2 Å². The van der Waals surface area contributed by atoms with E-state index in [1.54, 1.807) is 34.1 Å². The molecule has 30 heavy (non-hydrogen) atoms. The van der Waals surface area contributed by atoms with Crippen LogP contribution in [0.1, 0.15) is 37.7 Å². The highest BCUT2D eigenvalue weighted by Gasteiger charge is 2.55. The largest absolute Gasteiger partial charge is 0.368 e. The van der Waals surface area contributed by atoms with Gasteiger partial charge in [-0.15, -0.1) is 4.40 Å². The van der Waals surface area contributed by atoms with Crippen molar-refractivity contribution in [3.8, 4) is 0 Å². The lowest BCUT2D eigenvalue weighted by molar-refractivity contribution is -0.128. The van der Waals surface area contributed by atoms with E-state index in [9.17, 15) is 18.0 Å². The van der Waals surface area contributed by atoms with Gasteiger partial charge in [-0.1, -0.05) is 0 Å². The molecule has 162 valence electrons. The molecule has 0 saturated carbocycles. The molecule has 0 spiro atoms. The second-order valence-electron chi connectivity index (χ2n) is 8.26. The monoisotopic (exact) mass is 433 g/mol. The number of hydrogen-bond acceptors (Lipinski definition) is 4. The van der Waals surface area contributed by atoms with Gasteiger partial charge in [-0.05, 0) is 56.4 Å². The highest BCUT2D eigenvalue weighted by atomic mass is 32.2. The van der Waals surface area contributed by atoms with Gasteiger partial charge in [-0.2, -0.15) is 0 Å². The van der Waals surface area contributed by atoms with E-state index in [2.05, 4.69) is 4.40 Å². The normalized spacial score (nSPS) is 25.0.